The van der Waals surface area contributed by atoms with Crippen molar-refractivity contribution in [3.63, 3.8) is 0 Å². The molecule has 6 heteroatoms. The van der Waals surface area contributed by atoms with Crippen LogP contribution in [0.5, 0.6) is 0 Å². The lowest BCUT2D eigenvalue weighted by Gasteiger charge is -2.06. The Morgan fingerprint density at radius 1 is 1.20 bits per heavy atom. The van der Waals surface area contributed by atoms with Crippen LogP contribution in [0.4, 0.5) is 10.1 Å². The Morgan fingerprint density at radius 2 is 2.00 bits per heavy atom. The molecule has 0 bridgehead atoms. The van der Waals surface area contributed by atoms with E-state index in [1.807, 2.05) is 0 Å². The van der Waals surface area contributed by atoms with Crippen LogP contribution in [0.25, 0.3) is 0 Å². The zero-order valence-corrected chi connectivity index (χ0v) is 12.1. The summed E-state index contributed by atoms with van der Waals surface area (Å²) < 4.78 is 13.7. The van der Waals surface area contributed by atoms with Crippen molar-refractivity contribution in [1.29, 1.82) is 0 Å². The number of hydrogen-bond donors (Lipinski definition) is 1. The van der Waals surface area contributed by atoms with Gasteiger partial charge >= 0.3 is 0 Å². The van der Waals surface area contributed by atoms with Gasteiger partial charge in [0.05, 0.1) is 4.92 Å². The van der Waals surface area contributed by atoms with E-state index in [0.717, 1.165) is 5.56 Å². The summed E-state index contributed by atoms with van der Waals surface area (Å²) in [5, 5.41) is 14.0. The fourth-order valence-electron chi connectivity index (χ4n) is 1.84. The number of rotatable bonds is 5. The zero-order chi connectivity index (χ0) is 14.5. The van der Waals surface area contributed by atoms with Crippen molar-refractivity contribution < 1.29 is 9.31 Å². The number of nitrogens with one attached hydrogen (secondary N) is 1. The molecule has 0 fully saturated rings. The SMILES string of the molecule is O=[N+]([O-])c1cc(Br)ccc1CNCc1cccc(F)c1. The van der Waals surface area contributed by atoms with E-state index in [0.29, 0.717) is 23.1 Å². The molecule has 4 nitrogen and oxygen atoms in total. The molecule has 0 spiro atoms. The second kappa shape index (κ2) is 6.58. The molecule has 0 atom stereocenters. The first kappa shape index (κ1) is 14.6. The highest BCUT2D eigenvalue weighted by Gasteiger charge is 2.13. The number of nitrogens with zero attached hydrogens (tertiary/aromatic N) is 1. The maximum atomic E-state index is 13.0. The highest BCUT2D eigenvalue weighted by molar-refractivity contribution is 9.10. The van der Waals surface area contributed by atoms with E-state index < -0.39 is 4.92 Å². The quantitative estimate of drug-likeness (QED) is 0.666. The van der Waals surface area contributed by atoms with Crippen molar-refractivity contribution in [2.75, 3.05) is 0 Å². The monoisotopic (exact) mass is 338 g/mol. The number of nitro benzene ring substituents is 1. The Labute approximate surface area is 123 Å². The van der Waals surface area contributed by atoms with E-state index in [4.69, 9.17) is 0 Å². The van der Waals surface area contributed by atoms with E-state index >= 15 is 0 Å². The van der Waals surface area contributed by atoms with Crippen molar-refractivity contribution in [1.82, 2.24) is 5.32 Å². The lowest BCUT2D eigenvalue weighted by atomic mass is 10.1. The van der Waals surface area contributed by atoms with Crippen LogP contribution in [0, 0.1) is 15.9 Å². The van der Waals surface area contributed by atoms with Gasteiger partial charge in [0, 0.05) is 29.2 Å². The Balaban J connectivity index is 2.02. The smallest absolute Gasteiger partial charge is 0.275 e. The molecule has 0 radical (unpaired) electrons. The van der Waals surface area contributed by atoms with Crippen LogP contribution in [-0.4, -0.2) is 4.92 Å². The van der Waals surface area contributed by atoms with Gasteiger partial charge in [0.1, 0.15) is 5.82 Å². The van der Waals surface area contributed by atoms with Crippen LogP contribution in [0.1, 0.15) is 11.1 Å². The average molecular weight is 339 g/mol. The average Bonchev–Trinajstić information content (AvgIpc) is 2.40. The highest BCUT2D eigenvalue weighted by atomic mass is 79.9. The number of nitro groups is 1. The summed E-state index contributed by atoms with van der Waals surface area (Å²) in [7, 11) is 0. The van der Waals surface area contributed by atoms with Gasteiger partial charge in [-0.3, -0.25) is 10.1 Å². The van der Waals surface area contributed by atoms with Gasteiger partial charge in [0.15, 0.2) is 0 Å². The molecule has 0 saturated carbocycles. The minimum atomic E-state index is -0.413. The van der Waals surface area contributed by atoms with Crippen LogP contribution in [0.2, 0.25) is 0 Å². The third kappa shape index (κ3) is 3.85. The number of hydrogen-bond acceptors (Lipinski definition) is 3. The first-order valence-corrected chi connectivity index (χ1v) is 6.73. The molecule has 0 saturated heterocycles. The fourth-order valence-corrected chi connectivity index (χ4v) is 2.19. The van der Waals surface area contributed by atoms with Crippen molar-refractivity contribution in [3.05, 3.63) is 74.0 Å². The first-order valence-electron chi connectivity index (χ1n) is 5.94. The van der Waals surface area contributed by atoms with Crippen LogP contribution in [-0.2, 0) is 13.1 Å². The molecule has 0 aliphatic heterocycles. The summed E-state index contributed by atoms with van der Waals surface area (Å²) in [5.41, 5.74) is 1.45. The molecular weight excluding hydrogens is 327 g/mol. The molecule has 0 aromatic heterocycles. The van der Waals surface area contributed by atoms with Gasteiger partial charge in [-0.05, 0) is 29.8 Å². The van der Waals surface area contributed by atoms with Crippen molar-refractivity contribution in [2.24, 2.45) is 0 Å². The third-order valence-corrected chi connectivity index (χ3v) is 3.27. The zero-order valence-electron chi connectivity index (χ0n) is 10.5. The topological polar surface area (TPSA) is 55.2 Å². The summed E-state index contributed by atoms with van der Waals surface area (Å²) in [5.74, 6) is -0.293. The van der Waals surface area contributed by atoms with E-state index in [1.165, 1.54) is 18.2 Å². The third-order valence-electron chi connectivity index (χ3n) is 2.78. The maximum absolute atomic E-state index is 13.0. The standard InChI is InChI=1S/C14H12BrFN2O2/c15-12-5-4-11(14(7-12)18(19)20)9-17-8-10-2-1-3-13(16)6-10/h1-7,17H,8-9H2. The molecule has 20 heavy (non-hydrogen) atoms. The Hall–Kier alpha value is -1.79. The normalized spacial score (nSPS) is 10.5. The van der Waals surface area contributed by atoms with Gasteiger partial charge in [-0.2, -0.15) is 0 Å². The maximum Gasteiger partial charge on any atom is 0.275 e. The molecule has 2 rings (SSSR count). The van der Waals surface area contributed by atoms with Gasteiger partial charge in [-0.15, -0.1) is 0 Å². The Kier molecular flexibility index (Phi) is 4.81. The van der Waals surface area contributed by atoms with Gasteiger partial charge in [-0.25, -0.2) is 4.39 Å². The van der Waals surface area contributed by atoms with E-state index in [-0.39, 0.29) is 11.5 Å². The van der Waals surface area contributed by atoms with Gasteiger partial charge in [0.2, 0.25) is 0 Å². The van der Waals surface area contributed by atoms with Crippen molar-refractivity contribution in [3.8, 4) is 0 Å². The number of halogens is 2. The molecule has 2 aromatic carbocycles. The van der Waals surface area contributed by atoms with Gasteiger partial charge in [-0.1, -0.05) is 28.1 Å². The predicted octanol–water partition coefficient (Wildman–Crippen LogP) is 3.79. The van der Waals surface area contributed by atoms with E-state index in [1.54, 1.807) is 24.3 Å². The largest absolute Gasteiger partial charge is 0.308 e. The Morgan fingerprint density at radius 3 is 2.70 bits per heavy atom. The van der Waals surface area contributed by atoms with E-state index in [9.17, 15) is 14.5 Å². The molecular formula is C14H12BrFN2O2. The molecule has 0 aliphatic rings. The second-order valence-electron chi connectivity index (χ2n) is 4.26. The lowest BCUT2D eigenvalue weighted by Crippen LogP contribution is -2.14. The predicted molar refractivity (Wildman–Crippen MR) is 77.7 cm³/mol. The van der Waals surface area contributed by atoms with Gasteiger partial charge in [0.25, 0.3) is 5.69 Å². The second-order valence-corrected chi connectivity index (χ2v) is 5.18. The van der Waals surface area contributed by atoms with Crippen molar-refractivity contribution in [2.45, 2.75) is 13.1 Å². The molecule has 0 aliphatic carbocycles. The molecule has 0 amide bonds. The van der Waals surface area contributed by atoms with Crippen LogP contribution >= 0.6 is 15.9 Å². The Bertz CT molecular complexity index is 634. The van der Waals surface area contributed by atoms with Crippen LogP contribution in [0.15, 0.2) is 46.9 Å². The van der Waals surface area contributed by atoms with E-state index in [2.05, 4.69) is 21.2 Å². The van der Waals surface area contributed by atoms with Gasteiger partial charge < -0.3 is 5.32 Å². The number of benzene rings is 2. The first-order chi connectivity index (χ1) is 9.56. The van der Waals surface area contributed by atoms with Crippen LogP contribution in [0.3, 0.4) is 0 Å². The molecule has 0 heterocycles. The fraction of sp³-hybridized carbons (Fsp3) is 0.143. The summed E-state index contributed by atoms with van der Waals surface area (Å²) in [6.07, 6.45) is 0. The highest BCUT2D eigenvalue weighted by Crippen LogP contribution is 2.23. The lowest BCUT2D eigenvalue weighted by molar-refractivity contribution is -0.385. The molecule has 2 aromatic rings. The molecule has 1 N–H and O–H groups in total. The van der Waals surface area contributed by atoms with Crippen LogP contribution < -0.4 is 5.32 Å². The minimum absolute atomic E-state index is 0.0612. The minimum Gasteiger partial charge on any atom is -0.308 e. The molecule has 104 valence electrons. The summed E-state index contributed by atoms with van der Waals surface area (Å²) in [6.45, 7) is 0.797. The summed E-state index contributed by atoms with van der Waals surface area (Å²) in [6, 6.07) is 11.2. The summed E-state index contributed by atoms with van der Waals surface area (Å²) >= 11 is 3.21. The molecule has 0 unspecified atom stereocenters. The summed E-state index contributed by atoms with van der Waals surface area (Å²) in [4.78, 5) is 10.5. The van der Waals surface area contributed by atoms with Crippen molar-refractivity contribution >= 4 is 21.6 Å².